The zero-order valence-corrected chi connectivity index (χ0v) is 15.2. The van der Waals surface area contributed by atoms with E-state index in [0.717, 1.165) is 11.8 Å². The number of ether oxygens (including phenoxy) is 1. The lowest BCUT2D eigenvalue weighted by molar-refractivity contribution is 0.0658. The largest absolute Gasteiger partial charge is 0.379 e. The van der Waals surface area contributed by atoms with Gasteiger partial charge in [-0.15, -0.1) is 0 Å². The van der Waals surface area contributed by atoms with Crippen LogP contribution < -0.4 is 4.72 Å². The fourth-order valence-corrected chi connectivity index (χ4v) is 3.36. The van der Waals surface area contributed by atoms with Crippen LogP contribution >= 0.6 is 0 Å². The summed E-state index contributed by atoms with van der Waals surface area (Å²) < 4.78 is 30.5. The van der Waals surface area contributed by atoms with Crippen molar-refractivity contribution in [3.05, 3.63) is 29.6 Å². The molecule has 24 heavy (non-hydrogen) atoms. The summed E-state index contributed by atoms with van der Waals surface area (Å²) >= 11 is 0. The highest BCUT2D eigenvalue weighted by molar-refractivity contribution is 7.88. The first-order valence-corrected chi connectivity index (χ1v) is 9.92. The van der Waals surface area contributed by atoms with Crippen molar-refractivity contribution < 1.29 is 17.9 Å². The fourth-order valence-electron chi connectivity index (χ4n) is 2.87. The molecule has 1 N–H and O–H groups in total. The van der Waals surface area contributed by atoms with Gasteiger partial charge in [0.2, 0.25) is 10.0 Å². The van der Waals surface area contributed by atoms with Crippen LogP contribution in [0.25, 0.3) is 0 Å². The van der Waals surface area contributed by atoms with E-state index >= 15 is 0 Å². The SMILES string of the molecule is Cc1cncc(C(=O)N2CCOC[C@@H](CCNS(C)(=O)=O)[C@@H]2C)c1. The minimum absolute atomic E-state index is 0.0399. The van der Waals surface area contributed by atoms with Crippen LogP contribution in [0.15, 0.2) is 18.5 Å². The van der Waals surface area contributed by atoms with E-state index in [9.17, 15) is 13.2 Å². The first-order chi connectivity index (χ1) is 11.3. The molecule has 8 heteroatoms. The van der Waals surface area contributed by atoms with Crippen molar-refractivity contribution in [2.24, 2.45) is 5.92 Å². The number of aryl methyl sites for hydroxylation is 1. The van der Waals surface area contributed by atoms with Gasteiger partial charge >= 0.3 is 0 Å². The molecule has 1 aliphatic rings. The number of amides is 1. The molecule has 1 aromatic rings. The van der Waals surface area contributed by atoms with E-state index in [-0.39, 0.29) is 17.9 Å². The van der Waals surface area contributed by atoms with Crippen molar-refractivity contribution in [1.29, 1.82) is 0 Å². The number of pyridine rings is 1. The highest BCUT2D eigenvalue weighted by Gasteiger charge is 2.30. The van der Waals surface area contributed by atoms with Crippen molar-refractivity contribution in [3.63, 3.8) is 0 Å². The molecular weight excluding hydrogens is 330 g/mol. The van der Waals surface area contributed by atoms with Gasteiger partial charge in [-0.2, -0.15) is 0 Å². The Bertz CT molecular complexity index is 678. The molecular formula is C16H25N3O4S. The van der Waals surface area contributed by atoms with Gasteiger partial charge in [0.05, 0.1) is 25.0 Å². The van der Waals surface area contributed by atoms with Crippen LogP contribution in [0.4, 0.5) is 0 Å². The Morgan fingerprint density at radius 1 is 1.46 bits per heavy atom. The Labute approximate surface area is 143 Å². The van der Waals surface area contributed by atoms with Crippen LogP contribution in [0.2, 0.25) is 0 Å². The molecule has 7 nitrogen and oxygen atoms in total. The molecule has 0 spiro atoms. The minimum atomic E-state index is -3.21. The van der Waals surface area contributed by atoms with Gasteiger partial charge in [-0.05, 0) is 31.9 Å². The fraction of sp³-hybridized carbons (Fsp3) is 0.625. The third-order valence-electron chi connectivity index (χ3n) is 4.24. The molecule has 2 atom stereocenters. The molecule has 1 aliphatic heterocycles. The Morgan fingerprint density at radius 3 is 2.88 bits per heavy atom. The van der Waals surface area contributed by atoms with E-state index in [1.54, 1.807) is 17.3 Å². The normalized spacial score (nSPS) is 22.2. The number of hydrogen-bond acceptors (Lipinski definition) is 5. The molecule has 0 radical (unpaired) electrons. The number of carbonyl (C=O) groups excluding carboxylic acids is 1. The Kier molecular flexibility index (Phi) is 6.31. The Balaban J connectivity index is 2.07. The maximum Gasteiger partial charge on any atom is 0.255 e. The van der Waals surface area contributed by atoms with Gasteiger partial charge in [-0.3, -0.25) is 9.78 Å². The van der Waals surface area contributed by atoms with E-state index in [0.29, 0.717) is 38.3 Å². The van der Waals surface area contributed by atoms with E-state index < -0.39 is 10.0 Å². The van der Waals surface area contributed by atoms with E-state index in [4.69, 9.17) is 4.74 Å². The number of sulfonamides is 1. The van der Waals surface area contributed by atoms with Crippen LogP contribution in [0, 0.1) is 12.8 Å². The Hall–Kier alpha value is -1.51. The van der Waals surface area contributed by atoms with Gasteiger partial charge in [0, 0.05) is 37.4 Å². The van der Waals surface area contributed by atoms with Gasteiger partial charge in [-0.1, -0.05) is 0 Å². The zero-order valence-electron chi connectivity index (χ0n) is 14.4. The molecule has 2 heterocycles. The number of nitrogens with zero attached hydrogens (tertiary/aromatic N) is 2. The lowest BCUT2D eigenvalue weighted by Gasteiger charge is -2.31. The number of aromatic nitrogens is 1. The van der Waals surface area contributed by atoms with Crippen molar-refractivity contribution in [1.82, 2.24) is 14.6 Å². The standard InChI is InChI=1S/C16H25N3O4S/c1-12-8-15(10-17-9-12)16(20)19-6-7-23-11-14(13(19)2)4-5-18-24(3,21)22/h8-10,13-14,18H,4-7,11H2,1-3H3/t13-,14+/m0/s1. The van der Waals surface area contributed by atoms with Crippen LogP contribution in [0.3, 0.4) is 0 Å². The summed E-state index contributed by atoms with van der Waals surface area (Å²) in [6.45, 7) is 5.74. The summed E-state index contributed by atoms with van der Waals surface area (Å²) in [4.78, 5) is 18.7. The Morgan fingerprint density at radius 2 is 2.21 bits per heavy atom. The van der Waals surface area contributed by atoms with Crippen molar-refractivity contribution in [2.45, 2.75) is 26.3 Å². The maximum absolute atomic E-state index is 12.8. The number of rotatable bonds is 5. The molecule has 0 saturated carbocycles. The first kappa shape index (κ1) is 18.8. The minimum Gasteiger partial charge on any atom is -0.379 e. The van der Waals surface area contributed by atoms with Crippen molar-refractivity contribution >= 4 is 15.9 Å². The van der Waals surface area contributed by atoms with Gasteiger partial charge in [0.1, 0.15) is 0 Å². The highest BCUT2D eigenvalue weighted by atomic mass is 32.2. The number of nitrogens with one attached hydrogen (secondary N) is 1. The second-order valence-electron chi connectivity index (χ2n) is 6.28. The summed E-state index contributed by atoms with van der Waals surface area (Å²) in [5, 5.41) is 0. The summed E-state index contributed by atoms with van der Waals surface area (Å²) in [7, 11) is -3.21. The summed E-state index contributed by atoms with van der Waals surface area (Å²) in [6.07, 6.45) is 5.05. The average Bonchev–Trinajstić information content (AvgIpc) is 2.68. The molecule has 0 bridgehead atoms. The molecule has 2 rings (SSSR count). The molecule has 0 unspecified atom stereocenters. The molecule has 0 aromatic carbocycles. The quantitative estimate of drug-likeness (QED) is 0.844. The summed E-state index contributed by atoms with van der Waals surface area (Å²) in [5.41, 5.74) is 1.50. The number of hydrogen-bond donors (Lipinski definition) is 1. The van der Waals surface area contributed by atoms with Crippen LogP contribution in [0.5, 0.6) is 0 Å². The topological polar surface area (TPSA) is 88.6 Å². The van der Waals surface area contributed by atoms with Crippen molar-refractivity contribution in [3.8, 4) is 0 Å². The molecule has 1 amide bonds. The van der Waals surface area contributed by atoms with Gasteiger partial charge in [-0.25, -0.2) is 13.1 Å². The third-order valence-corrected chi connectivity index (χ3v) is 4.97. The summed E-state index contributed by atoms with van der Waals surface area (Å²) in [5.74, 6) is 0.00809. The second kappa shape index (κ2) is 8.04. The predicted molar refractivity (Wildman–Crippen MR) is 91.2 cm³/mol. The highest BCUT2D eigenvalue weighted by Crippen LogP contribution is 2.21. The second-order valence-corrected chi connectivity index (χ2v) is 8.11. The zero-order chi connectivity index (χ0) is 17.7. The van der Waals surface area contributed by atoms with Crippen LogP contribution in [0.1, 0.15) is 29.3 Å². The van der Waals surface area contributed by atoms with E-state index in [2.05, 4.69) is 9.71 Å². The smallest absolute Gasteiger partial charge is 0.255 e. The van der Waals surface area contributed by atoms with E-state index in [1.165, 1.54) is 0 Å². The molecule has 1 saturated heterocycles. The maximum atomic E-state index is 12.8. The molecule has 1 fully saturated rings. The predicted octanol–water partition coefficient (Wildman–Crippen LogP) is 0.806. The summed E-state index contributed by atoms with van der Waals surface area (Å²) in [6, 6.07) is 1.79. The lowest BCUT2D eigenvalue weighted by atomic mass is 9.96. The van der Waals surface area contributed by atoms with Crippen LogP contribution in [-0.4, -0.2) is 62.8 Å². The van der Waals surface area contributed by atoms with E-state index in [1.807, 2.05) is 19.9 Å². The first-order valence-electron chi connectivity index (χ1n) is 8.03. The lowest BCUT2D eigenvalue weighted by Crippen LogP contribution is -2.44. The monoisotopic (exact) mass is 355 g/mol. The van der Waals surface area contributed by atoms with Crippen LogP contribution in [-0.2, 0) is 14.8 Å². The van der Waals surface area contributed by atoms with Crippen molar-refractivity contribution in [2.75, 3.05) is 32.6 Å². The molecule has 1 aromatic heterocycles. The van der Waals surface area contributed by atoms with Gasteiger partial charge < -0.3 is 9.64 Å². The average molecular weight is 355 g/mol. The van der Waals surface area contributed by atoms with Gasteiger partial charge in [0.25, 0.3) is 5.91 Å². The molecule has 0 aliphatic carbocycles. The third kappa shape index (κ3) is 5.25. The molecule has 134 valence electrons. The van der Waals surface area contributed by atoms with Gasteiger partial charge in [0.15, 0.2) is 0 Å². The number of carbonyl (C=O) groups is 1.